The van der Waals surface area contributed by atoms with Crippen LogP contribution in [0.4, 0.5) is 0 Å². The fourth-order valence-electron chi connectivity index (χ4n) is 0.983. The summed E-state index contributed by atoms with van der Waals surface area (Å²) in [5.74, 6) is 0.108. The van der Waals surface area contributed by atoms with Crippen molar-refractivity contribution in [1.82, 2.24) is 0 Å². The molecule has 0 amide bonds. The third-order valence-electron chi connectivity index (χ3n) is 1.62. The molecule has 0 aliphatic rings. The van der Waals surface area contributed by atoms with Crippen LogP contribution in [0.25, 0.3) is 0 Å². The van der Waals surface area contributed by atoms with Crippen molar-refractivity contribution >= 4 is 28.7 Å². The van der Waals surface area contributed by atoms with E-state index in [0.717, 1.165) is 6.42 Å². The Bertz CT molecular complexity index is 283. The molecule has 13 heavy (non-hydrogen) atoms. The lowest BCUT2D eigenvalue weighted by atomic mass is 10.2. The molecule has 0 atom stereocenters. The summed E-state index contributed by atoms with van der Waals surface area (Å²) >= 11 is 7.20. The van der Waals surface area contributed by atoms with Crippen LogP contribution < -0.4 is 0 Å². The van der Waals surface area contributed by atoms with E-state index in [0.29, 0.717) is 22.9 Å². The van der Waals surface area contributed by atoms with E-state index >= 15 is 0 Å². The van der Waals surface area contributed by atoms with E-state index in [1.165, 1.54) is 11.3 Å². The first-order chi connectivity index (χ1) is 6.25. The maximum absolute atomic E-state index is 11.5. The summed E-state index contributed by atoms with van der Waals surface area (Å²) in [7, 11) is 1.63. The zero-order valence-corrected chi connectivity index (χ0v) is 8.95. The summed E-state index contributed by atoms with van der Waals surface area (Å²) < 4.78 is 4.86. The second-order valence-corrected chi connectivity index (χ2v) is 3.94. The maximum Gasteiger partial charge on any atom is 0.174 e. The molecule has 72 valence electrons. The normalized spacial score (nSPS) is 10.3. The first-order valence-electron chi connectivity index (χ1n) is 4.01. The molecule has 0 fully saturated rings. The number of hydrogen-bond donors (Lipinski definition) is 0. The van der Waals surface area contributed by atoms with E-state index < -0.39 is 0 Å². The fraction of sp³-hybridized carbons (Fsp3) is 0.444. The van der Waals surface area contributed by atoms with E-state index in [9.17, 15) is 4.79 Å². The number of methoxy groups -OCH3 is 1. The van der Waals surface area contributed by atoms with E-state index in [-0.39, 0.29) is 5.78 Å². The summed E-state index contributed by atoms with van der Waals surface area (Å²) in [5, 5.41) is 2.39. The number of halogens is 1. The third kappa shape index (κ3) is 3.10. The van der Waals surface area contributed by atoms with Crippen LogP contribution in [0.5, 0.6) is 0 Å². The van der Waals surface area contributed by atoms with Gasteiger partial charge in [-0.2, -0.15) is 0 Å². The lowest BCUT2D eigenvalue weighted by Crippen LogP contribution is -1.99. The van der Waals surface area contributed by atoms with Gasteiger partial charge >= 0.3 is 0 Å². The van der Waals surface area contributed by atoms with Gasteiger partial charge in [0.05, 0.1) is 9.90 Å². The highest BCUT2D eigenvalue weighted by Gasteiger charge is 2.10. The highest BCUT2D eigenvalue weighted by molar-refractivity contribution is 7.12. The zero-order chi connectivity index (χ0) is 9.68. The lowest BCUT2D eigenvalue weighted by Gasteiger charge is -1.98. The average molecular weight is 219 g/mol. The van der Waals surface area contributed by atoms with Gasteiger partial charge in [-0.3, -0.25) is 4.79 Å². The van der Waals surface area contributed by atoms with Gasteiger partial charge in [-0.05, 0) is 17.9 Å². The van der Waals surface area contributed by atoms with Gasteiger partial charge in [0.2, 0.25) is 0 Å². The van der Waals surface area contributed by atoms with Crippen LogP contribution in [-0.4, -0.2) is 19.5 Å². The number of ether oxygens (including phenoxy) is 1. The summed E-state index contributed by atoms with van der Waals surface area (Å²) in [4.78, 5) is 12.1. The minimum absolute atomic E-state index is 0.108. The van der Waals surface area contributed by atoms with Gasteiger partial charge in [0, 0.05) is 20.1 Å². The second kappa shape index (κ2) is 5.37. The molecule has 1 heterocycles. The van der Waals surface area contributed by atoms with E-state index in [1.54, 1.807) is 13.2 Å². The number of thiophene rings is 1. The Morgan fingerprint density at radius 2 is 2.46 bits per heavy atom. The molecule has 0 spiro atoms. The first kappa shape index (κ1) is 10.7. The Labute approximate surface area is 86.5 Å². The molecule has 2 nitrogen and oxygen atoms in total. The van der Waals surface area contributed by atoms with Crippen LogP contribution in [0.3, 0.4) is 0 Å². The summed E-state index contributed by atoms with van der Waals surface area (Å²) in [6.45, 7) is 0.620. The molecule has 1 rings (SSSR count). The highest BCUT2D eigenvalue weighted by atomic mass is 35.5. The molecule has 0 aromatic carbocycles. The predicted molar refractivity (Wildman–Crippen MR) is 54.8 cm³/mol. The average Bonchev–Trinajstić information content (AvgIpc) is 2.52. The molecule has 0 N–H and O–H groups in total. The number of rotatable bonds is 5. The molecule has 0 saturated carbocycles. The predicted octanol–water partition coefficient (Wildman–Crippen LogP) is 3.01. The van der Waals surface area contributed by atoms with Crippen LogP contribution in [0.1, 0.15) is 22.5 Å². The molecule has 1 aromatic rings. The number of Topliss-reactive ketones (excluding diaryl/α,β-unsaturated/α-hetero) is 1. The molecule has 4 heteroatoms. The van der Waals surface area contributed by atoms with Crippen molar-refractivity contribution in [3.63, 3.8) is 0 Å². The molecular weight excluding hydrogens is 208 g/mol. The smallest absolute Gasteiger partial charge is 0.174 e. The lowest BCUT2D eigenvalue weighted by molar-refractivity contribution is 0.0967. The van der Waals surface area contributed by atoms with Crippen molar-refractivity contribution < 1.29 is 9.53 Å². The molecule has 0 radical (unpaired) electrons. The topological polar surface area (TPSA) is 26.3 Å². The first-order valence-corrected chi connectivity index (χ1v) is 5.26. The molecule has 0 bridgehead atoms. The third-order valence-corrected chi connectivity index (χ3v) is 3.01. The van der Waals surface area contributed by atoms with E-state index in [2.05, 4.69) is 0 Å². The summed E-state index contributed by atoms with van der Waals surface area (Å²) in [5.41, 5.74) is 0. The molecule has 0 aliphatic carbocycles. The highest BCUT2D eigenvalue weighted by Crippen LogP contribution is 2.23. The van der Waals surface area contributed by atoms with Gasteiger partial charge in [0.25, 0.3) is 0 Å². The van der Waals surface area contributed by atoms with Gasteiger partial charge < -0.3 is 4.74 Å². The van der Waals surface area contributed by atoms with Gasteiger partial charge in [-0.25, -0.2) is 0 Å². The Morgan fingerprint density at radius 1 is 1.69 bits per heavy atom. The molecule has 0 unspecified atom stereocenters. The Balaban J connectivity index is 2.45. The van der Waals surface area contributed by atoms with Crippen molar-refractivity contribution in [3.05, 3.63) is 21.3 Å². The molecule has 0 saturated heterocycles. The Kier molecular flexibility index (Phi) is 4.42. The van der Waals surface area contributed by atoms with Crippen LogP contribution in [-0.2, 0) is 4.74 Å². The van der Waals surface area contributed by atoms with E-state index in [1.807, 2.05) is 5.38 Å². The van der Waals surface area contributed by atoms with Crippen molar-refractivity contribution in [2.24, 2.45) is 0 Å². The summed E-state index contributed by atoms with van der Waals surface area (Å²) in [6.07, 6.45) is 1.26. The van der Waals surface area contributed by atoms with Crippen molar-refractivity contribution in [2.45, 2.75) is 12.8 Å². The monoisotopic (exact) mass is 218 g/mol. The standard InChI is InChI=1S/C9H11ClO2S/c1-12-5-2-3-8(11)9-7(10)4-6-13-9/h4,6H,2-3,5H2,1H3. The van der Waals surface area contributed by atoms with Gasteiger partial charge in [-0.1, -0.05) is 11.6 Å². The minimum atomic E-state index is 0.108. The minimum Gasteiger partial charge on any atom is -0.385 e. The van der Waals surface area contributed by atoms with Crippen molar-refractivity contribution in [3.8, 4) is 0 Å². The van der Waals surface area contributed by atoms with Crippen LogP contribution in [0.15, 0.2) is 11.4 Å². The fourth-order valence-corrected chi connectivity index (χ4v) is 2.11. The van der Waals surface area contributed by atoms with Gasteiger partial charge in [-0.15, -0.1) is 11.3 Å². The quantitative estimate of drug-likeness (QED) is 0.561. The van der Waals surface area contributed by atoms with Gasteiger partial charge in [0.15, 0.2) is 5.78 Å². The number of carbonyl (C=O) groups excluding carboxylic acids is 1. The number of ketones is 1. The Morgan fingerprint density at radius 3 is 3.00 bits per heavy atom. The zero-order valence-electron chi connectivity index (χ0n) is 7.38. The summed E-state index contributed by atoms with van der Waals surface area (Å²) in [6, 6.07) is 1.75. The maximum atomic E-state index is 11.5. The van der Waals surface area contributed by atoms with Gasteiger partial charge in [0.1, 0.15) is 0 Å². The SMILES string of the molecule is COCCCC(=O)c1sccc1Cl. The van der Waals surface area contributed by atoms with Crippen LogP contribution in [0.2, 0.25) is 5.02 Å². The molecular formula is C9H11ClO2S. The molecule has 1 aromatic heterocycles. The Hall–Kier alpha value is -0.380. The van der Waals surface area contributed by atoms with E-state index in [4.69, 9.17) is 16.3 Å². The van der Waals surface area contributed by atoms with Crippen LogP contribution >= 0.6 is 22.9 Å². The second-order valence-electron chi connectivity index (χ2n) is 2.62. The van der Waals surface area contributed by atoms with Crippen molar-refractivity contribution in [2.75, 3.05) is 13.7 Å². The number of hydrogen-bond acceptors (Lipinski definition) is 3. The van der Waals surface area contributed by atoms with Crippen molar-refractivity contribution in [1.29, 1.82) is 0 Å². The largest absolute Gasteiger partial charge is 0.385 e. The van der Waals surface area contributed by atoms with Crippen LogP contribution in [0, 0.1) is 0 Å². The number of carbonyl (C=O) groups is 1. The molecule has 0 aliphatic heterocycles.